The van der Waals surface area contributed by atoms with Gasteiger partial charge in [0, 0.05) is 23.7 Å². The summed E-state index contributed by atoms with van der Waals surface area (Å²) in [6.45, 7) is 5.00. The molecule has 2 atom stereocenters. The van der Waals surface area contributed by atoms with Crippen molar-refractivity contribution in [2.45, 2.75) is 45.9 Å². The molecule has 2 rings (SSSR count). The molecule has 0 radical (unpaired) electrons. The Balaban J connectivity index is 1.99. The summed E-state index contributed by atoms with van der Waals surface area (Å²) in [4.78, 5) is 37.4. The molecule has 1 fully saturated rings. The summed E-state index contributed by atoms with van der Waals surface area (Å²) >= 11 is 0.991. The summed E-state index contributed by atoms with van der Waals surface area (Å²) in [5.41, 5.74) is 0.650. The van der Waals surface area contributed by atoms with Gasteiger partial charge in [-0.05, 0) is 27.2 Å². The van der Waals surface area contributed by atoms with Crippen LogP contribution in [0.2, 0.25) is 0 Å². The number of likely N-dealkylation sites (N-methyl/N-ethyl adjacent to an activating group) is 1. The molecule has 1 amide bonds. The van der Waals surface area contributed by atoms with Crippen LogP contribution in [0.3, 0.4) is 0 Å². The number of rotatable bonds is 6. The van der Waals surface area contributed by atoms with Gasteiger partial charge >= 0.3 is 10.8 Å². The molecule has 1 aromatic heterocycles. The molecule has 0 spiro atoms. The summed E-state index contributed by atoms with van der Waals surface area (Å²) in [6, 6.07) is -0.384. The SMILES string of the molecule is CCN(C(=O)[C@H](C)OC(=O)Cn1c(C)csc1=O)[C@@H]1CCS(=O)(=O)C1. The highest BCUT2D eigenvalue weighted by Crippen LogP contribution is 2.19. The summed E-state index contributed by atoms with van der Waals surface area (Å²) in [6.07, 6.45) is -0.642. The monoisotopic (exact) mass is 390 g/mol. The minimum absolute atomic E-state index is 0.0588. The van der Waals surface area contributed by atoms with E-state index >= 15 is 0 Å². The van der Waals surface area contributed by atoms with Gasteiger partial charge in [0.25, 0.3) is 5.91 Å². The van der Waals surface area contributed by atoms with E-state index in [1.807, 2.05) is 0 Å². The van der Waals surface area contributed by atoms with Crippen LogP contribution in [0.4, 0.5) is 0 Å². The van der Waals surface area contributed by atoms with Gasteiger partial charge in [-0.25, -0.2) is 8.42 Å². The number of carbonyl (C=O) groups is 2. The van der Waals surface area contributed by atoms with Crippen LogP contribution in [0.25, 0.3) is 0 Å². The number of esters is 1. The number of hydrogen-bond donors (Lipinski definition) is 0. The predicted octanol–water partition coefficient (Wildman–Crippen LogP) is 0.186. The van der Waals surface area contributed by atoms with E-state index in [0.29, 0.717) is 18.7 Å². The highest BCUT2D eigenvalue weighted by Gasteiger charge is 2.36. The van der Waals surface area contributed by atoms with Crippen LogP contribution in [0, 0.1) is 6.92 Å². The fraction of sp³-hybridized carbons (Fsp3) is 0.667. The number of carbonyl (C=O) groups excluding carboxylic acids is 2. The first-order valence-corrected chi connectivity index (χ1v) is 10.7. The van der Waals surface area contributed by atoms with Crippen molar-refractivity contribution in [1.82, 2.24) is 9.47 Å². The second kappa shape index (κ2) is 7.69. The molecule has 1 saturated heterocycles. The summed E-state index contributed by atoms with van der Waals surface area (Å²) in [5.74, 6) is -1.10. The molecule has 0 aliphatic carbocycles. The molecule has 25 heavy (non-hydrogen) atoms. The van der Waals surface area contributed by atoms with Crippen molar-refractivity contribution >= 4 is 33.1 Å². The molecule has 8 nitrogen and oxygen atoms in total. The third kappa shape index (κ3) is 4.69. The van der Waals surface area contributed by atoms with E-state index in [2.05, 4.69) is 0 Å². The molecule has 0 aromatic carbocycles. The number of aryl methyl sites for hydroxylation is 1. The van der Waals surface area contributed by atoms with Gasteiger partial charge in [-0.1, -0.05) is 11.3 Å². The first-order chi connectivity index (χ1) is 11.6. The van der Waals surface area contributed by atoms with E-state index in [4.69, 9.17) is 4.74 Å². The Kier molecular flexibility index (Phi) is 6.04. The predicted molar refractivity (Wildman–Crippen MR) is 93.3 cm³/mol. The average Bonchev–Trinajstić information content (AvgIpc) is 3.04. The lowest BCUT2D eigenvalue weighted by Crippen LogP contribution is -2.46. The number of thiazole rings is 1. The van der Waals surface area contributed by atoms with Crippen molar-refractivity contribution in [3.63, 3.8) is 0 Å². The number of nitrogens with zero attached hydrogens (tertiary/aromatic N) is 2. The van der Waals surface area contributed by atoms with Gasteiger partial charge in [0.05, 0.1) is 11.5 Å². The maximum Gasteiger partial charge on any atom is 0.326 e. The van der Waals surface area contributed by atoms with E-state index in [1.54, 1.807) is 19.2 Å². The molecule has 2 heterocycles. The van der Waals surface area contributed by atoms with Gasteiger partial charge in [0.15, 0.2) is 15.9 Å². The second-order valence-electron chi connectivity index (χ2n) is 6.04. The topological polar surface area (TPSA) is 103 Å². The van der Waals surface area contributed by atoms with Crippen LogP contribution in [0.5, 0.6) is 0 Å². The molecular weight excluding hydrogens is 368 g/mol. The highest BCUT2D eigenvalue weighted by molar-refractivity contribution is 7.91. The van der Waals surface area contributed by atoms with Gasteiger partial charge in [-0.2, -0.15) is 0 Å². The molecule has 1 aliphatic rings. The normalized spacial score (nSPS) is 20.2. The first kappa shape index (κ1) is 19.6. The Morgan fingerprint density at radius 3 is 2.64 bits per heavy atom. The molecule has 10 heteroatoms. The zero-order chi connectivity index (χ0) is 18.8. The number of amides is 1. The summed E-state index contributed by atoms with van der Waals surface area (Å²) in [7, 11) is -3.12. The third-order valence-electron chi connectivity index (χ3n) is 4.19. The largest absolute Gasteiger partial charge is 0.451 e. The minimum atomic E-state index is -3.12. The Morgan fingerprint density at radius 2 is 2.16 bits per heavy atom. The first-order valence-electron chi connectivity index (χ1n) is 8.00. The number of ether oxygens (including phenoxy) is 1. The van der Waals surface area contributed by atoms with Gasteiger partial charge in [-0.15, -0.1) is 0 Å². The van der Waals surface area contributed by atoms with Crippen LogP contribution < -0.4 is 4.87 Å². The van der Waals surface area contributed by atoms with Crippen molar-refractivity contribution in [1.29, 1.82) is 0 Å². The lowest BCUT2D eigenvalue weighted by atomic mass is 10.2. The van der Waals surface area contributed by atoms with Crippen molar-refractivity contribution in [2.75, 3.05) is 18.1 Å². The Hall–Kier alpha value is -1.68. The smallest absolute Gasteiger partial charge is 0.326 e. The zero-order valence-electron chi connectivity index (χ0n) is 14.4. The average molecular weight is 390 g/mol. The van der Waals surface area contributed by atoms with Crippen LogP contribution >= 0.6 is 11.3 Å². The maximum atomic E-state index is 12.5. The van der Waals surface area contributed by atoms with Crippen molar-refractivity contribution in [3.05, 3.63) is 20.7 Å². The van der Waals surface area contributed by atoms with Crippen LogP contribution in [-0.2, 0) is 30.7 Å². The molecule has 140 valence electrons. The van der Waals surface area contributed by atoms with Crippen molar-refractivity contribution in [3.8, 4) is 0 Å². The van der Waals surface area contributed by atoms with Gasteiger partial charge in [0.1, 0.15) is 6.54 Å². The summed E-state index contributed by atoms with van der Waals surface area (Å²) in [5, 5.41) is 1.64. The lowest BCUT2D eigenvalue weighted by molar-refractivity contribution is -0.160. The highest BCUT2D eigenvalue weighted by atomic mass is 32.2. The fourth-order valence-electron chi connectivity index (χ4n) is 2.86. The molecule has 0 N–H and O–H groups in total. The fourth-order valence-corrected chi connectivity index (χ4v) is 5.32. The minimum Gasteiger partial charge on any atom is -0.451 e. The number of aromatic nitrogens is 1. The van der Waals surface area contributed by atoms with Crippen molar-refractivity contribution in [2.24, 2.45) is 0 Å². The second-order valence-corrected chi connectivity index (χ2v) is 9.09. The van der Waals surface area contributed by atoms with E-state index in [9.17, 15) is 22.8 Å². The lowest BCUT2D eigenvalue weighted by Gasteiger charge is -2.29. The Morgan fingerprint density at radius 1 is 1.48 bits per heavy atom. The van der Waals surface area contributed by atoms with Gasteiger partial charge in [0.2, 0.25) is 0 Å². The molecule has 1 aromatic rings. The molecular formula is C15H22N2O6S2. The third-order valence-corrected chi connectivity index (χ3v) is 6.82. The van der Waals surface area contributed by atoms with Crippen molar-refractivity contribution < 1.29 is 22.7 Å². The quantitative estimate of drug-likeness (QED) is 0.642. The van der Waals surface area contributed by atoms with Crippen LogP contribution in [0.15, 0.2) is 10.2 Å². The van der Waals surface area contributed by atoms with Crippen LogP contribution in [-0.4, -0.2) is 60.0 Å². The van der Waals surface area contributed by atoms with E-state index in [1.165, 1.54) is 16.4 Å². The zero-order valence-corrected chi connectivity index (χ0v) is 16.1. The molecule has 0 bridgehead atoms. The standard InChI is InChI=1S/C15H22N2O6S2/c1-4-16(12-5-6-25(21,22)9-12)14(19)11(3)23-13(18)7-17-10(2)8-24-15(17)20/h8,11-12H,4-7,9H2,1-3H3/t11-,12+/m0/s1. The molecule has 1 aliphatic heterocycles. The number of hydrogen-bond acceptors (Lipinski definition) is 7. The van der Waals surface area contributed by atoms with Crippen LogP contribution in [0.1, 0.15) is 26.0 Å². The van der Waals surface area contributed by atoms with E-state index in [0.717, 1.165) is 11.3 Å². The molecule has 0 saturated carbocycles. The number of sulfone groups is 1. The van der Waals surface area contributed by atoms with E-state index in [-0.39, 0.29) is 29.0 Å². The molecule has 0 unspecified atom stereocenters. The Labute approximate surface area is 150 Å². The summed E-state index contributed by atoms with van der Waals surface area (Å²) < 4.78 is 29.7. The Bertz CT molecular complexity index is 810. The van der Waals surface area contributed by atoms with Gasteiger partial charge < -0.3 is 9.64 Å². The van der Waals surface area contributed by atoms with E-state index < -0.39 is 27.8 Å². The van der Waals surface area contributed by atoms with Gasteiger partial charge in [-0.3, -0.25) is 19.0 Å². The maximum absolute atomic E-state index is 12.5.